The molecule has 3 rings (SSSR count). The molecule has 0 aliphatic heterocycles. The molecule has 0 spiro atoms. The molecule has 0 bridgehead atoms. The molecular formula is C13H8Cl3NO2S. The van der Waals surface area contributed by atoms with E-state index < -0.39 is 11.1 Å². The molecule has 0 N–H and O–H groups in total. The number of alkyl halides is 1. The number of rotatable bonds is 2. The first kappa shape index (κ1) is 14.0. The van der Waals surface area contributed by atoms with Crippen LogP contribution in [-0.2, 0) is 7.05 Å². The second-order valence-electron chi connectivity index (χ2n) is 4.30. The van der Waals surface area contributed by atoms with E-state index in [1.807, 2.05) is 6.07 Å². The van der Waals surface area contributed by atoms with Gasteiger partial charge in [0.05, 0.1) is 19.6 Å². The molecule has 2 heterocycles. The summed E-state index contributed by atoms with van der Waals surface area (Å²) in [5.74, 6) is -0.403. The minimum Gasteiger partial charge on any atom is -0.408 e. The van der Waals surface area contributed by atoms with Crippen molar-refractivity contribution in [2.24, 2.45) is 7.05 Å². The zero-order valence-corrected chi connectivity index (χ0v) is 13.3. The van der Waals surface area contributed by atoms with Gasteiger partial charge in [-0.3, -0.25) is 4.57 Å². The minimum absolute atomic E-state index is 0.403. The van der Waals surface area contributed by atoms with Crippen molar-refractivity contribution in [3.05, 3.63) is 54.6 Å². The van der Waals surface area contributed by atoms with Gasteiger partial charge in [0.1, 0.15) is 0 Å². The Bertz CT molecular complexity index is 849. The highest BCUT2D eigenvalue weighted by atomic mass is 35.5. The monoisotopic (exact) mass is 347 g/mol. The van der Waals surface area contributed by atoms with E-state index in [2.05, 4.69) is 0 Å². The fraction of sp³-hybridized carbons (Fsp3) is 0.154. The van der Waals surface area contributed by atoms with Crippen molar-refractivity contribution in [2.45, 2.75) is 5.38 Å². The van der Waals surface area contributed by atoms with Gasteiger partial charge in [-0.15, -0.1) is 22.9 Å². The Kier molecular flexibility index (Phi) is 3.58. The Labute approximate surface area is 133 Å². The molecule has 0 aliphatic carbocycles. The van der Waals surface area contributed by atoms with Gasteiger partial charge in [-0.1, -0.05) is 29.3 Å². The van der Waals surface area contributed by atoms with Crippen molar-refractivity contribution in [2.75, 3.05) is 0 Å². The average Bonchev–Trinajstić information content (AvgIpc) is 2.89. The third kappa shape index (κ3) is 2.27. The molecule has 104 valence electrons. The van der Waals surface area contributed by atoms with E-state index in [1.165, 1.54) is 15.9 Å². The first-order chi connectivity index (χ1) is 9.47. The Morgan fingerprint density at radius 3 is 2.70 bits per heavy atom. The zero-order chi connectivity index (χ0) is 14.4. The van der Waals surface area contributed by atoms with E-state index in [1.54, 1.807) is 25.2 Å². The molecule has 1 unspecified atom stereocenters. The minimum atomic E-state index is -0.443. The lowest BCUT2D eigenvalue weighted by atomic mass is 10.1. The maximum atomic E-state index is 11.5. The fourth-order valence-electron chi connectivity index (χ4n) is 2.01. The second kappa shape index (κ2) is 5.11. The summed E-state index contributed by atoms with van der Waals surface area (Å²) < 4.78 is 7.74. The maximum absolute atomic E-state index is 11.5. The van der Waals surface area contributed by atoms with Gasteiger partial charge in [0.15, 0.2) is 5.58 Å². The van der Waals surface area contributed by atoms with Gasteiger partial charge in [0.2, 0.25) is 0 Å². The van der Waals surface area contributed by atoms with Crippen LogP contribution in [0.5, 0.6) is 0 Å². The number of hydrogen-bond donors (Lipinski definition) is 0. The number of thiophene rings is 1. The summed E-state index contributed by atoms with van der Waals surface area (Å²) in [7, 11) is 1.65. The largest absolute Gasteiger partial charge is 0.419 e. The normalized spacial score (nSPS) is 13.0. The van der Waals surface area contributed by atoms with E-state index in [0.29, 0.717) is 14.3 Å². The van der Waals surface area contributed by atoms with Crippen LogP contribution in [0, 0.1) is 0 Å². The van der Waals surface area contributed by atoms with E-state index in [9.17, 15) is 4.79 Å². The quantitative estimate of drug-likeness (QED) is 0.622. The fourth-order valence-corrected chi connectivity index (χ4v) is 3.97. The topological polar surface area (TPSA) is 35.1 Å². The SMILES string of the molecule is Cn1c(=O)oc2cc(C(Cl)c3cc(Cl)sc3Cl)ccc21. The third-order valence-corrected chi connectivity index (χ3v) is 5.07. The van der Waals surface area contributed by atoms with E-state index >= 15 is 0 Å². The van der Waals surface area contributed by atoms with Crippen LogP contribution in [0.25, 0.3) is 11.1 Å². The van der Waals surface area contributed by atoms with Gasteiger partial charge < -0.3 is 4.42 Å². The van der Waals surface area contributed by atoms with Gasteiger partial charge >= 0.3 is 5.76 Å². The first-order valence-corrected chi connectivity index (χ1v) is 7.66. The molecular weight excluding hydrogens is 341 g/mol. The predicted octanol–water partition coefficient (Wildman–Crippen LogP) is 4.83. The summed E-state index contributed by atoms with van der Waals surface area (Å²) in [4.78, 5) is 11.5. The summed E-state index contributed by atoms with van der Waals surface area (Å²) in [6, 6.07) is 7.14. The van der Waals surface area contributed by atoms with E-state index in [4.69, 9.17) is 39.2 Å². The number of benzene rings is 1. The number of halogens is 3. The second-order valence-corrected chi connectivity index (χ2v) is 7.02. The first-order valence-electron chi connectivity index (χ1n) is 5.65. The smallest absolute Gasteiger partial charge is 0.408 e. The lowest BCUT2D eigenvalue weighted by molar-refractivity contribution is 0.528. The Morgan fingerprint density at radius 1 is 1.30 bits per heavy atom. The van der Waals surface area contributed by atoms with Gasteiger partial charge in [-0.25, -0.2) is 4.79 Å². The van der Waals surface area contributed by atoms with Crippen LogP contribution in [0.4, 0.5) is 0 Å². The molecule has 0 aliphatic rings. The van der Waals surface area contributed by atoms with Crippen LogP contribution in [0.1, 0.15) is 16.5 Å². The molecule has 0 saturated heterocycles. The number of aryl methyl sites for hydroxylation is 1. The lowest BCUT2D eigenvalue weighted by Gasteiger charge is -2.08. The highest BCUT2D eigenvalue weighted by Crippen LogP contribution is 2.40. The summed E-state index contributed by atoms with van der Waals surface area (Å²) in [6.07, 6.45) is 0. The number of nitrogens with zero attached hydrogens (tertiary/aromatic N) is 1. The number of fused-ring (bicyclic) bond motifs is 1. The Balaban J connectivity index is 2.10. The molecule has 7 heteroatoms. The molecule has 2 aromatic heterocycles. The number of hydrogen-bond acceptors (Lipinski definition) is 3. The van der Waals surface area contributed by atoms with Crippen LogP contribution in [0.15, 0.2) is 33.5 Å². The number of oxazole rings is 1. The maximum Gasteiger partial charge on any atom is 0.419 e. The Morgan fingerprint density at radius 2 is 2.05 bits per heavy atom. The van der Waals surface area contributed by atoms with Crippen LogP contribution >= 0.6 is 46.1 Å². The standard InChI is InChI=1S/C13H8Cl3NO2S/c1-17-8-3-2-6(4-9(8)19-13(17)18)11(15)7-5-10(14)20-12(7)16/h2-5,11H,1H3. The summed E-state index contributed by atoms with van der Waals surface area (Å²) >= 11 is 19.7. The molecule has 0 radical (unpaired) electrons. The van der Waals surface area contributed by atoms with Crippen molar-refractivity contribution >= 4 is 57.2 Å². The molecule has 1 atom stereocenters. The molecule has 0 fully saturated rings. The van der Waals surface area contributed by atoms with Crippen LogP contribution in [-0.4, -0.2) is 4.57 Å². The highest BCUT2D eigenvalue weighted by Gasteiger charge is 2.18. The highest BCUT2D eigenvalue weighted by molar-refractivity contribution is 7.20. The summed E-state index contributed by atoms with van der Waals surface area (Å²) in [6.45, 7) is 0. The predicted molar refractivity (Wildman–Crippen MR) is 83.5 cm³/mol. The summed E-state index contributed by atoms with van der Waals surface area (Å²) in [5.41, 5.74) is 2.76. The number of aromatic nitrogens is 1. The van der Waals surface area contributed by atoms with Crippen LogP contribution < -0.4 is 5.76 Å². The van der Waals surface area contributed by atoms with Crippen molar-refractivity contribution < 1.29 is 4.42 Å². The molecule has 3 aromatic rings. The zero-order valence-electron chi connectivity index (χ0n) is 10.2. The van der Waals surface area contributed by atoms with Gasteiger partial charge in [0.25, 0.3) is 0 Å². The van der Waals surface area contributed by atoms with Crippen LogP contribution in [0.2, 0.25) is 8.67 Å². The molecule has 0 saturated carbocycles. The Hall–Kier alpha value is -0.940. The molecule has 3 nitrogen and oxygen atoms in total. The van der Waals surface area contributed by atoms with Crippen LogP contribution in [0.3, 0.4) is 0 Å². The average molecular weight is 349 g/mol. The van der Waals surface area contributed by atoms with Crippen molar-refractivity contribution in [1.29, 1.82) is 0 Å². The third-order valence-electron chi connectivity index (χ3n) is 3.07. The van der Waals surface area contributed by atoms with E-state index in [0.717, 1.165) is 16.6 Å². The molecule has 0 amide bonds. The van der Waals surface area contributed by atoms with E-state index in [-0.39, 0.29) is 0 Å². The van der Waals surface area contributed by atoms with Crippen molar-refractivity contribution in [3.63, 3.8) is 0 Å². The molecule has 1 aromatic carbocycles. The van der Waals surface area contributed by atoms with Crippen molar-refractivity contribution in [3.8, 4) is 0 Å². The summed E-state index contributed by atoms with van der Waals surface area (Å²) in [5, 5.41) is -0.443. The van der Waals surface area contributed by atoms with Crippen molar-refractivity contribution in [1.82, 2.24) is 4.57 Å². The van der Waals surface area contributed by atoms with Gasteiger partial charge in [-0.05, 0) is 23.8 Å². The molecule has 20 heavy (non-hydrogen) atoms. The lowest BCUT2D eigenvalue weighted by Crippen LogP contribution is -2.08. The van der Waals surface area contributed by atoms with Gasteiger partial charge in [-0.2, -0.15) is 0 Å². The van der Waals surface area contributed by atoms with Gasteiger partial charge in [0, 0.05) is 12.6 Å².